The molecular weight excluding hydrogens is 407 g/mol. The summed E-state index contributed by atoms with van der Waals surface area (Å²) in [4.78, 5) is 13.0. The topological polar surface area (TPSA) is 59.6 Å². The molecule has 0 bridgehead atoms. The third kappa shape index (κ3) is 7.02. The van der Waals surface area contributed by atoms with Gasteiger partial charge in [-0.2, -0.15) is 0 Å². The summed E-state index contributed by atoms with van der Waals surface area (Å²) in [6.45, 7) is 14.8. The van der Waals surface area contributed by atoms with Crippen molar-refractivity contribution in [3.05, 3.63) is 59.7 Å². The third-order valence-electron chi connectivity index (χ3n) is 5.49. The highest BCUT2D eigenvalue weighted by Gasteiger charge is 2.51. The molecule has 0 aromatic heterocycles. The molecule has 7 heteroatoms. The second-order valence-electron chi connectivity index (χ2n) is 8.35. The van der Waals surface area contributed by atoms with Gasteiger partial charge in [-0.05, 0) is 76.1 Å². The Bertz CT molecular complexity index is 823. The van der Waals surface area contributed by atoms with Crippen molar-refractivity contribution in [1.29, 1.82) is 0 Å². The third-order valence-corrected chi connectivity index (χ3v) is 6.28. The van der Waals surface area contributed by atoms with E-state index in [9.17, 15) is 4.79 Å². The molecule has 1 aliphatic rings. The lowest BCUT2D eigenvalue weighted by atomic mass is 9.79. The molecule has 2 aromatic carbocycles. The zero-order chi connectivity index (χ0) is 23.1. The number of benzene rings is 2. The monoisotopic (exact) mass is 442 g/mol. The molecule has 0 aliphatic carbocycles. The van der Waals surface area contributed by atoms with Crippen LogP contribution in [0.2, 0.25) is 0 Å². The summed E-state index contributed by atoms with van der Waals surface area (Å²) in [5, 5.41) is 2.88. The summed E-state index contributed by atoms with van der Waals surface area (Å²) < 4.78 is 15.0. The lowest BCUT2D eigenvalue weighted by Crippen LogP contribution is -2.41. The average molecular weight is 442 g/mol. The molecule has 1 aliphatic heterocycles. The van der Waals surface area contributed by atoms with E-state index in [1.54, 1.807) is 0 Å². The van der Waals surface area contributed by atoms with Gasteiger partial charge in [-0.15, -0.1) is 0 Å². The van der Waals surface area contributed by atoms with Gasteiger partial charge in [0.2, 0.25) is 0 Å². The first-order valence-electron chi connectivity index (χ1n) is 10.9. The Morgan fingerprint density at radius 2 is 1.48 bits per heavy atom. The van der Waals surface area contributed by atoms with Crippen LogP contribution in [-0.4, -0.2) is 30.9 Å². The minimum absolute atomic E-state index is 0.190. The molecule has 31 heavy (non-hydrogen) atoms. The van der Waals surface area contributed by atoms with E-state index in [-0.39, 0.29) is 24.4 Å². The Labute approximate surface area is 192 Å². The number of urea groups is 1. The minimum atomic E-state index is -0.350. The highest BCUT2D eigenvalue weighted by atomic mass is 32.2. The molecular formula is C24H35BN2O3S. The zero-order valence-electron chi connectivity index (χ0n) is 19.7. The Morgan fingerprint density at radius 3 is 2.03 bits per heavy atom. The van der Waals surface area contributed by atoms with Crippen LogP contribution >= 0.6 is 11.9 Å². The lowest BCUT2D eigenvalue weighted by molar-refractivity contribution is 0.00578. The van der Waals surface area contributed by atoms with Crippen LogP contribution in [-0.2, 0) is 15.7 Å². The van der Waals surface area contributed by atoms with Crippen molar-refractivity contribution in [2.45, 2.75) is 71.0 Å². The first-order chi connectivity index (χ1) is 14.7. The predicted octanol–water partition coefficient (Wildman–Crippen LogP) is 4.87. The fourth-order valence-corrected chi connectivity index (χ4v) is 3.44. The summed E-state index contributed by atoms with van der Waals surface area (Å²) in [6, 6.07) is 16.0. The van der Waals surface area contributed by atoms with Crippen molar-refractivity contribution < 1.29 is 14.1 Å². The fraction of sp³-hybridized carbons (Fsp3) is 0.458. The van der Waals surface area contributed by atoms with Gasteiger partial charge in [-0.3, -0.25) is 4.72 Å². The van der Waals surface area contributed by atoms with Crippen LogP contribution in [0.1, 0.15) is 52.7 Å². The molecule has 5 nitrogen and oxygen atoms in total. The minimum Gasteiger partial charge on any atom is -0.399 e. The van der Waals surface area contributed by atoms with E-state index in [0.717, 1.165) is 22.3 Å². The molecule has 1 heterocycles. The number of carbonyl (C=O) groups is 1. The number of hydrogen-bond donors (Lipinski definition) is 2. The largest absolute Gasteiger partial charge is 0.494 e. The summed E-state index contributed by atoms with van der Waals surface area (Å²) >= 11 is 1.31. The Balaban J connectivity index is 0.00000166. The molecule has 1 fully saturated rings. The van der Waals surface area contributed by atoms with Crippen LogP contribution in [0.3, 0.4) is 0 Å². The van der Waals surface area contributed by atoms with Crippen LogP contribution < -0.4 is 15.5 Å². The number of amides is 2. The average Bonchev–Trinajstić information content (AvgIpc) is 2.96. The molecule has 2 amide bonds. The van der Waals surface area contributed by atoms with E-state index in [4.69, 9.17) is 9.31 Å². The zero-order valence-corrected chi connectivity index (χ0v) is 20.6. The summed E-state index contributed by atoms with van der Waals surface area (Å²) in [6.07, 6.45) is 0.756. The second kappa shape index (κ2) is 11.1. The summed E-state index contributed by atoms with van der Waals surface area (Å²) in [5.41, 5.74) is 2.67. The molecule has 0 radical (unpaired) electrons. The smallest absolute Gasteiger partial charge is 0.399 e. The van der Waals surface area contributed by atoms with Gasteiger partial charge in [0.15, 0.2) is 0 Å². The maximum atomic E-state index is 11.9. The second-order valence-corrected chi connectivity index (χ2v) is 9.23. The molecule has 0 saturated carbocycles. The first kappa shape index (κ1) is 25.3. The maximum Gasteiger partial charge on any atom is 0.494 e. The van der Waals surface area contributed by atoms with Crippen LogP contribution in [0.4, 0.5) is 4.79 Å². The van der Waals surface area contributed by atoms with E-state index in [0.29, 0.717) is 6.54 Å². The number of carbonyl (C=O) groups excluding carboxylic acids is 1. The van der Waals surface area contributed by atoms with Crippen LogP contribution in [0.25, 0.3) is 0 Å². The van der Waals surface area contributed by atoms with Crippen molar-refractivity contribution in [2.75, 3.05) is 6.54 Å². The maximum absolute atomic E-state index is 11.9. The standard InChI is InChI=1S/C22H29BN2O3S.C2H6/c1-16-6-12-19(13-7-16)29-25-20(26)24-15-14-17-8-10-18(11-9-17)23-27-21(2,3)22(4,5)28-23;1-2/h6-13H,14-15H2,1-5H3,(H2,24,25,26);1-2H3. The molecule has 2 aromatic rings. The van der Waals surface area contributed by atoms with E-state index < -0.39 is 0 Å². The van der Waals surface area contributed by atoms with Crippen LogP contribution in [0.15, 0.2) is 53.4 Å². The summed E-state index contributed by atoms with van der Waals surface area (Å²) in [7, 11) is -0.350. The SMILES string of the molecule is CC.Cc1ccc(SNC(=O)NCCc2ccc(B3OC(C)(C)C(C)(C)O3)cc2)cc1. The Kier molecular flexibility index (Phi) is 9.04. The molecule has 0 atom stereocenters. The van der Waals surface area contributed by atoms with Gasteiger partial charge in [-0.25, -0.2) is 4.79 Å². The summed E-state index contributed by atoms with van der Waals surface area (Å²) in [5.74, 6) is 0. The fourth-order valence-electron chi connectivity index (χ4n) is 2.89. The highest BCUT2D eigenvalue weighted by molar-refractivity contribution is 7.98. The molecule has 168 valence electrons. The highest BCUT2D eigenvalue weighted by Crippen LogP contribution is 2.36. The quantitative estimate of drug-likeness (QED) is 0.495. The van der Waals surface area contributed by atoms with Crippen molar-refractivity contribution in [2.24, 2.45) is 0 Å². The van der Waals surface area contributed by atoms with Gasteiger partial charge in [0.1, 0.15) is 0 Å². The van der Waals surface area contributed by atoms with Gasteiger partial charge in [0.05, 0.1) is 11.2 Å². The van der Waals surface area contributed by atoms with Gasteiger partial charge in [-0.1, -0.05) is 55.8 Å². The van der Waals surface area contributed by atoms with Crippen molar-refractivity contribution >= 4 is 30.6 Å². The van der Waals surface area contributed by atoms with Gasteiger partial charge in [0, 0.05) is 11.4 Å². The molecule has 3 rings (SSSR count). The first-order valence-corrected chi connectivity index (χ1v) is 11.7. The van der Waals surface area contributed by atoms with Crippen molar-refractivity contribution in [1.82, 2.24) is 10.0 Å². The van der Waals surface area contributed by atoms with Gasteiger partial charge < -0.3 is 14.6 Å². The number of rotatable bonds is 6. The van der Waals surface area contributed by atoms with Gasteiger partial charge >= 0.3 is 13.1 Å². The van der Waals surface area contributed by atoms with E-state index >= 15 is 0 Å². The van der Waals surface area contributed by atoms with Crippen LogP contribution in [0, 0.1) is 6.92 Å². The molecule has 0 unspecified atom stereocenters. The number of aryl methyl sites for hydroxylation is 1. The molecule has 0 spiro atoms. The molecule has 1 saturated heterocycles. The van der Waals surface area contributed by atoms with Crippen molar-refractivity contribution in [3.8, 4) is 0 Å². The van der Waals surface area contributed by atoms with Gasteiger partial charge in [0.25, 0.3) is 0 Å². The predicted molar refractivity (Wildman–Crippen MR) is 131 cm³/mol. The van der Waals surface area contributed by atoms with E-state index in [1.807, 2.05) is 57.2 Å². The number of hydrogen-bond acceptors (Lipinski definition) is 4. The van der Waals surface area contributed by atoms with E-state index in [2.05, 4.69) is 49.9 Å². The van der Waals surface area contributed by atoms with Crippen LogP contribution in [0.5, 0.6) is 0 Å². The Hall–Kier alpha value is -1.96. The molecule has 2 N–H and O–H groups in total. The van der Waals surface area contributed by atoms with Crippen molar-refractivity contribution in [3.63, 3.8) is 0 Å². The normalized spacial score (nSPS) is 16.3. The lowest BCUT2D eigenvalue weighted by Gasteiger charge is -2.32. The van der Waals surface area contributed by atoms with E-state index in [1.165, 1.54) is 17.5 Å². The number of nitrogens with one attached hydrogen (secondary N) is 2. The Morgan fingerprint density at radius 1 is 0.935 bits per heavy atom.